The molecule has 2 N–H and O–H groups in total. The Hall–Kier alpha value is -1.36. The SMILES string of the molecule is CCn1ccnc(NCCNC2CC2)c1=O. The van der Waals surface area contributed by atoms with Crippen LogP contribution in [0, 0.1) is 0 Å². The van der Waals surface area contributed by atoms with Gasteiger partial charge >= 0.3 is 0 Å². The van der Waals surface area contributed by atoms with Crippen molar-refractivity contribution in [2.45, 2.75) is 32.4 Å². The molecule has 0 radical (unpaired) electrons. The van der Waals surface area contributed by atoms with Crippen molar-refractivity contribution in [3.8, 4) is 0 Å². The number of anilines is 1. The summed E-state index contributed by atoms with van der Waals surface area (Å²) in [5.74, 6) is 0.446. The summed E-state index contributed by atoms with van der Waals surface area (Å²) >= 11 is 0. The van der Waals surface area contributed by atoms with Gasteiger partial charge in [-0.1, -0.05) is 0 Å². The van der Waals surface area contributed by atoms with Crippen molar-refractivity contribution in [1.29, 1.82) is 0 Å². The molecule has 0 saturated heterocycles. The van der Waals surface area contributed by atoms with Crippen molar-refractivity contribution in [3.05, 3.63) is 22.7 Å². The van der Waals surface area contributed by atoms with Crippen molar-refractivity contribution in [2.75, 3.05) is 18.4 Å². The van der Waals surface area contributed by atoms with E-state index in [1.165, 1.54) is 12.8 Å². The van der Waals surface area contributed by atoms with Crippen LogP contribution in [0.25, 0.3) is 0 Å². The topological polar surface area (TPSA) is 59.0 Å². The number of hydrogen-bond acceptors (Lipinski definition) is 4. The van der Waals surface area contributed by atoms with Crippen LogP contribution >= 0.6 is 0 Å². The molecular weight excluding hydrogens is 204 g/mol. The minimum Gasteiger partial charge on any atom is -0.364 e. The fourth-order valence-electron chi connectivity index (χ4n) is 1.56. The highest BCUT2D eigenvalue weighted by molar-refractivity contribution is 5.30. The van der Waals surface area contributed by atoms with Gasteiger partial charge in [-0.2, -0.15) is 0 Å². The first-order valence-electron chi connectivity index (χ1n) is 5.84. The molecular formula is C11H18N4O. The van der Waals surface area contributed by atoms with Gasteiger partial charge in [-0.15, -0.1) is 0 Å². The smallest absolute Gasteiger partial charge is 0.293 e. The Morgan fingerprint density at radius 2 is 2.31 bits per heavy atom. The van der Waals surface area contributed by atoms with E-state index < -0.39 is 0 Å². The third-order valence-corrected chi connectivity index (χ3v) is 2.68. The quantitative estimate of drug-likeness (QED) is 0.685. The Morgan fingerprint density at radius 1 is 1.50 bits per heavy atom. The molecule has 1 saturated carbocycles. The molecule has 5 nitrogen and oxygen atoms in total. The summed E-state index contributed by atoms with van der Waals surface area (Å²) in [5, 5.41) is 6.44. The van der Waals surface area contributed by atoms with E-state index in [4.69, 9.17) is 0 Å². The number of nitrogens with zero attached hydrogens (tertiary/aromatic N) is 2. The monoisotopic (exact) mass is 222 g/mol. The van der Waals surface area contributed by atoms with E-state index in [1.54, 1.807) is 17.0 Å². The number of nitrogens with one attached hydrogen (secondary N) is 2. The van der Waals surface area contributed by atoms with Crippen LogP contribution in [-0.4, -0.2) is 28.7 Å². The van der Waals surface area contributed by atoms with Gasteiger partial charge in [0.15, 0.2) is 5.82 Å². The van der Waals surface area contributed by atoms with Gasteiger partial charge in [0.25, 0.3) is 5.56 Å². The first-order chi connectivity index (χ1) is 7.81. The molecule has 2 rings (SSSR count). The highest BCUT2D eigenvalue weighted by Crippen LogP contribution is 2.17. The third kappa shape index (κ3) is 2.82. The molecule has 1 fully saturated rings. The van der Waals surface area contributed by atoms with E-state index in [1.807, 2.05) is 6.92 Å². The summed E-state index contributed by atoms with van der Waals surface area (Å²) in [6, 6.07) is 0.706. The highest BCUT2D eigenvalue weighted by atomic mass is 16.1. The van der Waals surface area contributed by atoms with Crippen molar-refractivity contribution in [2.24, 2.45) is 0 Å². The summed E-state index contributed by atoms with van der Waals surface area (Å²) in [7, 11) is 0. The zero-order valence-corrected chi connectivity index (χ0v) is 9.57. The maximum atomic E-state index is 11.8. The molecule has 1 aromatic heterocycles. The molecule has 0 bridgehead atoms. The number of aromatic nitrogens is 2. The van der Waals surface area contributed by atoms with Gasteiger partial charge in [0.2, 0.25) is 0 Å². The van der Waals surface area contributed by atoms with E-state index in [0.29, 0.717) is 18.4 Å². The van der Waals surface area contributed by atoms with Crippen LogP contribution in [0.3, 0.4) is 0 Å². The lowest BCUT2D eigenvalue weighted by Crippen LogP contribution is -2.28. The van der Waals surface area contributed by atoms with Crippen LogP contribution in [-0.2, 0) is 6.54 Å². The Bertz CT molecular complexity index is 397. The number of rotatable bonds is 6. The Kier molecular flexibility index (Phi) is 3.56. The Balaban J connectivity index is 1.85. The van der Waals surface area contributed by atoms with Gasteiger partial charge in [-0.25, -0.2) is 4.98 Å². The van der Waals surface area contributed by atoms with Crippen LogP contribution < -0.4 is 16.2 Å². The molecule has 16 heavy (non-hydrogen) atoms. The lowest BCUT2D eigenvalue weighted by molar-refractivity contribution is 0.693. The van der Waals surface area contributed by atoms with Gasteiger partial charge in [0.1, 0.15) is 0 Å². The van der Waals surface area contributed by atoms with Gasteiger partial charge in [0, 0.05) is 38.1 Å². The number of aryl methyl sites for hydroxylation is 1. The van der Waals surface area contributed by atoms with Crippen LogP contribution in [0.4, 0.5) is 5.82 Å². The van der Waals surface area contributed by atoms with E-state index in [2.05, 4.69) is 15.6 Å². The second-order valence-electron chi connectivity index (χ2n) is 4.02. The molecule has 0 aliphatic heterocycles. The lowest BCUT2D eigenvalue weighted by atomic mass is 10.5. The molecule has 0 unspecified atom stereocenters. The largest absolute Gasteiger partial charge is 0.364 e. The van der Waals surface area contributed by atoms with E-state index in [-0.39, 0.29) is 5.56 Å². The maximum Gasteiger partial charge on any atom is 0.293 e. The van der Waals surface area contributed by atoms with Gasteiger partial charge < -0.3 is 15.2 Å². The summed E-state index contributed by atoms with van der Waals surface area (Å²) in [4.78, 5) is 15.8. The Morgan fingerprint density at radius 3 is 3.00 bits per heavy atom. The van der Waals surface area contributed by atoms with Crippen LogP contribution in [0.1, 0.15) is 19.8 Å². The fraction of sp³-hybridized carbons (Fsp3) is 0.636. The third-order valence-electron chi connectivity index (χ3n) is 2.68. The molecule has 1 aliphatic carbocycles. The summed E-state index contributed by atoms with van der Waals surface area (Å²) < 4.78 is 1.64. The molecule has 0 spiro atoms. The standard InChI is InChI=1S/C11H18N4O/c1-2-15-8-7-14-10(11(15)16)13-6-5-12-9-3-4-9/h7-9,12H,2-6H2,1H3,(H,13,14). The molecule has 1 heterocycles. The van der Waals surface area contributed by atoms with Crippen LogP contribution in [0.15, 0.2) is 17.2 Å². The first kappa shape index (κ1) is 11.1. The zero-order valence-electron chi connectivity index (χ0n) is 9.57. The van der Waals surface area contributed by atoms with Crippen molar-refractivity contribution >= 4 is 5.82 Å². The van der Waals surface area contributed by atoms with Gasteiger partial charge in [-0.05, 0) is 19.8 Å². The van der Waals surface area contributed by atoms with Crippen LogP contribution in [0.2, 0.25) is 0 Å². The summed E-state index contributed by atoms with van der Waals surface area (Å²) in [6.45, 7) is 4.25. The molecule has 5 heteroatoms. The van der Waals surface area contributed by atoms with E-state index in [9.17, 15) is 4.79 Å². The predicted octanol–water partition coefficient (Wildman–Crippen LogP) is 0.427. The maximum absolute atomic E-state index is 11.8. The fourth-order valence-corrected chi connectivity index (χ4v) is 1.56. The number of hydrogen-bond donors (Lipinski definition) is 2. The second-order valence-corrected chi connectivity index (χ2v) is 4.02. The summed E-state index contributed by atoms with van der Waals surface area (Å²) in [6.07, 6.45) is 5.93. The zero-order chi connectivity index (χ0) is 11.4. The first-order valence-corrected chi connectivity index (χ1v) is 5.84. The predicted molar refractivity (Wildman–Crippen MR) is 63.7 cm³/mol. The molecule has 0 aromatic carbocycles. The van der Waals surface area contributed by atoms with Gasteiger partial charge in [0.05, 0.1) is 0 Å². The van der Waals surface area contributed by atoms with Crippen molar-refractivity contribution in [1.82, 2.24) is 14.9 Å². The highest BCUT2D eigenvalue weighted by Gasteiger charge is 2.19. The Labute approximate surface area is 94.9 Å². The molecule has 1 aliphatic rings. The minimum atomic E-state index is -0.0450. The summed E-state index contributed by atoms with van der Waals surface area (Å²) in [5.41, 5.74) is -0.0450. The van der Waals surface area contributed by atoms with E-state index in [0.717, 1.165) is 13.1 Å². The average Bonchev–Trinajstić information content (AvgIpc) is 3.10. The van der Waals surface area contributed by atoms with Crippen molar-refractivity contribution in [3.63, 3.8) is 0 Å². The molecule has 0 atom stereocenters. The minimum absolute atomic E-state index is 0.0450. The van der Waals surface area contributed by atoms with Gasteiger partial charge in [-0.3, -0.25) is 4.79 Å². The average molecular weight is 222 g/mol. The second kappa shape index (κ2) is 5.12. The van der Waals surface area contributed by atoms with Crippen LogP contribution in [0.5, 0.6) is 0 Å². The van der Waals surface area contributed by atoms with E-state index >= 15 is 0 Å². The van der Waals surface area contributed by atoms with Crippen molar-refractivity contribution < 1.29 is 0 Å². The lowest BCUT2D eigenvalue weighted by Gasteiger charge is -2.07. The molecule has 1 aromatic rings. The molecule has 0 amide bonds. The normalized spacial score (nSPS) is 15.1. The molecule has 88 valence electrons.